The molecule has 0 amide bonds. The zero-order valence-corrected chi connectivity index (χ0v) is 11.5. The smallest absolute Gasteiger partial charge is 0.0414 e. The molecule has 1 saturated heterocycles. The highest BCUT2D eigenvalue weighted by atomic mass is 15.2. The number of hydrogen-bond donors (Lipinski definition) is 1. The molecule has 2 unspecified atom stereocenters. The summed E-state index contributed by atoms with van der Waals surface area (Å²) in [6.45, 7) is 8.96. The lowest BCUT2D eigenvalue weighted by atomic mass is 9.96. The molecule has 0 bridgehead atoms. The van der Waals surface area contributed by atoms with Crippen LogP contribution in [0, 0.1) is 19.8 Å². The van der Waals surface area contributed by atoms with E-state index < -0.39 is 0 Å². The Kier molecular flexibility index (Phi) is 3.72. The molecule has 1 fully saturated rings. The predicted octanol–water partition coefficient (Wildman–Crippen LogP) is 2.74. The molecule has 0 saturated carbocycles. The van der Waals surface area contributed by atoms with Crippen LogP contribution in [0.2, 0.25) is 0 Å². The van der Waals surface area contributed by atoms with Crippen LogP contribution in [-0.4, -0.2) is 26.2 Å². The minimum absolute atomic E-state index is 0.625. The van der Waals surface area contributed by atoms with Gasteiger partial charge in [-0.1, -0.05) is 24.6 Å². The van der Waals surface area contributed by atoms with Crippen LogP contribution in [0.4, 0.5) is 5.69 Å². The first-order chi connectivity index (χ1) is 8.08. The second-order valence-corrected chi connectivity index (χ2v) is 5.55. The van der Waals surface area contributed by atoms with Crippen molar-refractivity contribution in [3.8, 4) is 0 Å². The summed E-state index contributed by atoms with van der Waals surface area (Å²) in [6.07, 6.45) is 1.29. The zero-order valence-electron chi connectivity index (χ0n) is 11.5. The molecular formula is C15H24N2. The minimum atomic E-state index is 0.625. The number of likely N-dealkylation sites (N-methyl/N-ethyl adjacent to an activating group) is 1. The van der Waals surface area contributed by atoms with Crippen LogP contribution in [0.25, 0.3) is 0 Å². The van der Waals surface area contributed by atoms with E-state index in [1.165, 1.54) is 23.2 Å². The summed E-state index contributed by atoms with van der Waals surface area (Å²) in [4.78, 5) is 2.44. The quantitative estimate of drug-likeness (QED) is 0.843. The summed E-state index contributed by atoms with van der Waals surface area (Å²) >= 11 is 0. The van der Waals surface area contributed by atoms with Gasteiger partial charge in [-0.05, 0) is 44.4 Å². The van der Waals surface area contributed by atoms with E-state index >= 15 is 0 Å². The number of anilines is 1. The Labute approximate surface area is 105 Å². The van der Waals surface area contributed by atoms with Gasteiger partial charge < -0.3 is 10.2 Å². The number of aryl methyl sites for hydroxylation is 2. The van der Waals surface area contributed by atoms with Gasteiger partial charge in [-0.3, -0.25) is 0 Å². The van der Waals surface area contributed by atoms with Gasteiger partial charge in [0, 0.05) is 25.3 Å². The van der Waals surface area contributed by atoms with E-state index in [1.54, 1.807) is 0 Å². The Morgan fingerprint density at radius 2 is 2.00 bits per heavy atom. The molecule has 2 heteroatoms. The highest BCUT2D eigenvalue weighted by Crippen LogP contribution is 2.25. The second kappa shape index (κ2) is 5.09. The van der Waals surface area contributed by atoms with Crippen LogP contribution in [-0.2, 0) is 0 Å². The van der Waals surface area contributed by atoms with Crippen LogP contribution in [0.15, 0.2) is 18.2 Å². The van der Waals surface area contributed by atoms with Crippen molar-refractivity contribution in [1.82, 2.24) is 5.32 Å². The summed E-state index contributed by atoms with van der Waals surface area (Å²) in [5, 5.41) is 3.52. The van der Waals surface area contributed by atoms with Crippen molar-refractivity contribution >= 4 is 5.69 Å². The molecule has 2 rings (SSSR count). The highest BCUT2D eigenvalue weighted by molar-refractivity contribution is 5.54. The van der Waals surface area contributed by atoms with Gasteiger partial charge in [-0.2, -0.15) is 0 Å². The third kappa shape index (κ3) is 2.81. The average Bonchev–Trinajstić information content (AvgIpc) is 2.28. The van der Waals surface area contributed by atoms with Gasteiger partial charge >= 0.3 is 0 Å². The van der Waals surface area contributed by atoms with Crippen LogP contribution in [0.1, 0.15) is 24.5 Å². The predicted molar refractivity (Wildman–Crippen MR) is 74.8 cm³/mol. The molecule has 1 aromatic carbocycles. The normalized spacial score (nSPS) is 24.7. The molecule has 1 aliphatic heterocycles. The van der Waals surface area contributed by atoms with Gasteiger partial charge in [0.05, 0.1) is 0 Å². The number of rotatable bonds is 2. The van der Waals surface area contributed by atoms with E-state index in [0.717, 1.165) is 19.0 Å². The third-order valence-corrected chi connectivity index (χ3v) is 3.83. The van der Waals surface area contributed by atoms with Crippen molar-refractivity contribution in [3.63, 3.8) is 0 Å². The van der Waals surface area contributed by atoms with Crippen LogP contribution < -0.4 is 10.2 Å². The van der Waals surface area contributed by atoms with E-state index in [2.05, 4.69) is 56.2 Å². The van der Waals surface area contributed by atoms with Gasteiger partial charge in [-0.15, -0.1) is 0 Å². The van der Waals surface area contributed by atoms with Gasteiger partial charge in [0.15, 0.2) is 0 Å². The first-order valence-corrected chi connectivity index (χ1v) is 6.58. The Bertz CT molecular complexity index is 387. The van der Waals surface area contributed by atoms with E-state index in [1.807, 2.05) is 0 Å². The molecule has 1 aromatic rings. The third-order valence-electron chi connectivity index (χ3n) is 3.83. The molecule has 1 N–H and O–H groups in total. The number of nitrogens with zero attached hydrogens (tertiary/aromatic N) is 1. The van der Waals surface area contributed by atoms with Crippen molar-refractivity contribution in [3.05, 3.63) is 29.3 Å². The monoisotopic (exact) mass is 232 g/mol. The second-order valence-electron chi connectivity index (χ2n) is 5.55. The van der Waals surface area contributed by atoms with Gasteiger partial charge in [-0.25, -0.2) is 0 Å². The SMILES string of the molecule is Cc1ccc(N(C)C2CNCC(C)C2)c(C)c1. The first kappa shape index (κ1) is 12.4. The van der Waals surface area contributed by atoms with E-state index in [9.17, 15) is 0 Å². The molecule has 2 nitrogen and oxygen atoms in total. The molecule has 0 spiro atoms. The Morgan fingerprint density at radius 1 is 1.24 bits per heavy atom. The summed E-state index contributed by atoms with van der Waals surface area (Å²) in [7, 11) is 2.22. The lowest BCUT2D eigenvalue weighted by Gasteiger charge is -2.36. The number of benzene rings is 1. The van der Waals surface area contributed by atoms with Gasteiger partial charge in [0.25, 0.3) is 0 Å². The van der Waals surface area contributed by atoms with Crippen molar-refractivity contribution in [2.24, 2.45) is 5.92 Å². The fourth-order valence-electron chi connectivity index (χ4n) is 2.82. The molecule has 0 radical (unpaired) electrons. The molecule has 1 heterocycles. The maximum atomic E-state index is 3.52. The topological polar surface area (TPSA) is 15.3 Å². The average molecular weight is 232 g/mol. The highest BCUT2D eigenvalue weighted by Gasteiger charge is 2.22. The molecule has 0 aromatic heterocycles. The lowest BCUT2D eigenvalue weighted by molar-refractivity contribution is 0.355. The molecule has 0 aliphatic carbocycles. The maximum Gasteiger partial charge on any atom is 0.0414 e. The van der Waals surface area contributed by atoms with Crippen molar-refractivity contribution in [2.75, 3.05) is 25.0 Å². The van der Waals surface area contributed by atoms with Crippen molar-refractivity contribution in [2.45, 2.75) is 33.2 Å². The summed E-state index contributed by atoms with van der Waals surface area (Å²) < 4.78 is 0. The molecule has 1 aliphatic rings. The van der Waals surface area contributed by atoms with Crippen LogP contribution in [0.3, 0.4) is 0 Å². The molecule has 94 valence electrons. The van der Waals surface area contributed by atoms with E-state index in [4.69, 9.17) is 0 Å². The number of hydrogen-bond acceptors (Lipinski definition) is 2. The first-order valence-electron chi connectivity index (χ1n) is 6.58. The number of piperidine rings is 1. The Morgan fingerprint density at radius 3 is 2.65 bits per heavy atom. The number of nitrogens with one attached hydrogen (secondary N) is 1. The van der Waals surface area contributed by atoms with E-state index in [0.29, 0.717) is 6.04 Å². The molecule has 2 atom stereocenters. The van der Waals surface area contributed by atoms with E-state index in [-0.39, 0.29) is 0 Å². The fraction of sp³-hybridized carbons (Fsp3) is 0.600. The Hall–Kier alpha value is -1.02. The maximum absolute atomic E-state index is 3.52. The largest absolute Gasteiger partial charge is 0.370 e. The van der Waals surface area contributed by atoms with Gasteiger partial charge in [0.2, 0.25) is 0 Å². The molecule has 17 heavy (non-hydrogen) atoms. The lowest BCUT2D eigenvalue weighted by Crippen LogP contribution is -2.47. The van der Waals surface area contributed by atoms with Crippen LogP contribution >= 0.6 is 0 Å². The summed E-state index contributed by atoms with van der Waals surface area (Å²) in [6, 6.07) is 7.36. The Balaban J connectivity index is 2.15. The fourth-order valence-corrected chi connectivity index (χ4v) is 2.82. The van der Waals surface area contributed by atoms with Crippen LogP contribution in [0.5, 0.6) is 0 Å². The summed E-state index contributed by atoms with van der Waals surface area (Å²) in [5.41, 5.74) is 4.09. The van der Waals surface area contributed by atoms with Gasteiger partial charge in [0.1, 0.15) is 0 Å². The zero-order chi connectivity index (χ0) is 12.4. The summed E-state index contributed by atoms with van der Waals surface area (Å²) in [5.74, 6) is 0.780. The molecular weight excluding hydrogens is 208 g/mol. The van der Waals surface area contributed by atoms with Crippen molar-refractivity contribution < 1.29 is 0 Å². The minimum Gasteiger partial charge on any atom is -0.370 e. The van der Waals surface area contributed by atoms with Crippen molar-refractivity contribution in [1.29, 1.82) is 0 Å². The standard InChI is InChI=1S/C15H24N2/c1-11-5-6-15(13(3)7-11)17(4)14-8-12(2)9-16-10-14/h5-7,12,14,16H,8-10H2,1-4H3.